The van der Waals surface area contributed by atoms with Gasteiger partial charge in [-0.2, -0.15) is 0 Å². The van der Waals surface area contributed by atoms with Gasteiger partial charge in [0.15, 0.2) is 0 Å². The molecule has 1 aliphatic rings. The lowest BCUT2D eigenvalue weighted by molar-refractivity contribution is -0.147. The molecule has 0 aliphatic heterocycles. The summed E-state index contributed by atoms with van der Waals surface area (Å²) in [4.78, 5) is 11.6. The highest BCUT2D eigenvalue weighted by Crippen LogP contribution is 2.38. The number of hydrogen-bond donors (Lipinski definition) is 2. The van der Waals surface area contributed by atoms with E-state index in [9.17, 15) is 18.7 Å². The van der Waals surface area contributed by atoms with Crippen molar-refractivity contribution in [2.45, 2.75) is 51.0 Å². The van der Waals surface area contributed by atoms with Crippen LogP contribution in [0.25, 0.3) is 0 Å². The zero-order valence-corrected chi connectivity index (χ0v) is 11.3. The highest BCUT2D eigenvalue weighted by molar-refractivity contribution is 5.79. The number of carboxylic acids is 1. The summed E-state index contributed by atoms with van der Waals surface area (Å²) in [5, 5.41) is 12.6. The molecule has 0 heterocycles. The first-order chi connectivity index (χ1) is 9.03. The van der Waals surface area contributed by atoms with Gasteiger partial charge in [0.2, 0.25) is 0 Å². The second-order valence-electron chi connectivity index (χ2n) is 5.05. The third-order valence-corrected chi connectivity index (χ3v) is 3.75. The number of carbonyl (C=O) groups is 1. The molecule has 0 saturated heterocycles. The fraction of sp³-hybridized carbons (Fsp3) is 0.923. The highest BCUT2D eigenvalue weighted by atomic mass is 19.3. The summed E-state index contributed by atoms with van der Waals surface area (Å²) in [7, 11) is 0. The van der Waals surface area contributed by atoms with E-state index < -0.39 is 24.5 Å². The Bertz CT molecular complexity index is 289. The van der Waals surface area contributed by atoms with Crippen LogP contribution in [-0.2, 0) is 9.53 Å². The van der Waals surface area contributed by atoms with Gasteiger partial charge >= 0.3 is 5.97 Å². The number of alkyl halides is 2. The number of carboxylic acid groups (broad SMARTS) is 1. The Labute approximate surface area is 112 Å². The summed E-state index contributed by atoms with van der Waals surface area (Å²) in [6, 6.07) is 0. The van der Waals surface area contributed by atoms with Gasteiger partial charge in [0.1, 0.15) is 12.1 Å². The second-order valence-corrected chi connectivity index (χ2v) is 5.05. The van der Waals surface area contributed by atoms with Crippen molar-refractivity contribution in [3.05, 3.63) is 0 Å². The molecule has 19 heavy (non-hydrogen) atoms. The zero-order chi connectivity index (χ0) is 14.3. The van der Waals surface area contributed by atoms with E-state index in [2.05, 4.69) is 5.32 Å². The molecule has 1 saturated carbocycles. The van der Waals surface area contributed by atoms with E-state index in [0.29, 0.717) is 19.4 Å². The van der Waals surface area contributed by atoms with Crippen LogP contribution in [0.15, 0.2) is 0 Å². The molecule has 0 aromatic rings. The molecule has 2 unspecified atom stereocenters. The average Bonchev–Trinajstić information content (AvgIpc) is 2.76. The Morgan fingerprint density at radius 1 is 1.58 bits per heavy atom. The fourth-order valence-electron chi connectivity index (χ4n) is 2.80. The minimum Gasteiger partial charge on any atom is -0.480 e. The predicted octanol–water partition coefficient (Wildman–Crippen LogP) is 2.28. The highest BCUT2D eigenvalue weighted by Gasteiger charge is 2.48. The van der Waals surface area contributed by atoms with Crippen molar-refractivity contribution in [3.63, 3.8) is 0 Å². The normalized spacial score (nSPS) is 27.1. The van der Waals surface area contributed by atoms with Gasteiger partial charge in [0.05, 0.1) is 0 Å². The summed E-state index contributed by atoms with van der Waals surface area (Å²) >= 11 is 0. The minimum atomic E-state index is -2.47. The molecule has 6 heteroatoms. The Balaban J connectivity index is 2.51. The minimum absolute atomic E-state index is 0.0470. The first-order valence-electron chi connectivity index (χ1n) is 6.87. The van der Waals surface area contributed by atoms with Crippen LogP contribution in [0.4, 0.5) is 8.78 Å². The molecule has 0 aromatic carbocycles. The van der Waals surface area contributed by atoms with Crippen LogP contribution < -0.4 is 5.32 Å². The predicted molar refractivity (Wildman–Crippen MR) is 67.4 cm³/mol. The lowest BCUT2D eigenvalue weighted by Gasteiger charge is -2.32. The van der Waals surface area contributed by atoms with E-state index >= 15 is 0 Å². The summed E-state index contributed by atoms with van der Waals surface area (Å²) in [5.41, 5.74) is -0.899. The van der Waals surface area contributed by atoms with Crippen molar-refractivity contribution >= 4 is 5.97 Å². The molecular formula is C13H23F2NO3. The van der Waals surface area contributed by atoms with Crippen LogP contribution in [-0.4, -0.2) is 42.8 Å². The van der Waals surface area contributed by atoms with Gasteiger partial charge in [-0.15, -0.1) is 0 Å². The van der Waals surface area contributed by atoms with Gasteiger partial charge in [-0.1, -0.05) is 13.3 Å². The van der Waals surface area contributed by atoms with Crippen molar-refractivity contribution in [1.29, 1.82) is 0 Å². The number of halogens is 2. The maximum Gasteiger partial charge on any atom is 0.324 e. The Morgan fingerprint density at radius 3 is 2.89 bits per heavy atom. The van der Waals surface area contributed by atoms with Crippen LogP contribution >= 0.6 is 0 Å². The van der Waals surface area contributed by atoms with Gasteiger partial charge < -0.3 is 15.2 Å². The van der Waals surface area contributed by atoms with Crippen molar-refractivity contribution in [3.8, 4) is 0 Å². The number of nitrogens with one attached hydrogen (secondary N) is 1. The van der Waals surface area contributed by atoms with E-state index in [1.807, 2.05) is 6.92 Å². The van der Waals surface area contributed by atoms with Gasteiger partial charge in [0, 0.05) is 6.61 Å². The van der Waals surface area contributed by atoms with Crippen LogP contribution in [0.2, 0.25) is 0 Å². The summed E-state index contributed by atoms with van der Waals surface area (Å²) in [6.45, 7) is 2.26. The number of rotatable bonds is 9. The van der Waals surface area contributed by atoms with E-state index in [0.717, 1.165) is 19.3 Å². The van der Waals surface area contributed by atoms with Crippen molar-refractivity contribution in [1.82, 2.24) is 5.32 Å². The molecule has 112 valence electrons. The average molecular weight is 279 g/mol. The first-order valence-corrected chi connectivity index (χ1v) is 6.87. The molecule has 4 nitrogen and oxygen atoms in total. The van der Waals surface area contributed by atoms with Crippen molar-refractivity contribution < 1.29 is 23.4 Å². The molecule has 0 spiro atoms. The van der Waals surface area contributed by atoms with Gasteiger partial charge in [-0.25, -0.2) is 8.78 Å². The van der Waals surface area contributed by atoms with Crippen LogP contribution in [0.1, 0.15) is 39.0 Å². The SMILES string of the molecule is CCCNC1(C(=O)O)CCCC1CCOCC(F)F. The van der Waals surface area contributed by atoms with Gasteiger partial charge in [-0.3, -0.25) is 4.79 Å². The smallest absolute Gasteiger partial charge is 0.324 e. The van der Waals surface area contributed by atoms with Gasteiger partial charge in [-0.05, 0) is 38.1 Å². The Hall–Kier alpha value is -0.750. The summed E-state index contributed by atoms with van der Waals surface area (Å²) in [6.07, 6.45) is 1.16. The lowest BCUT2D eigenvalue weighted by atomic mass is 9.84. The molecule has 1 rings (SSSR count). The van der Waals surface area contributed by atoms with Gasteiger partial charge in [0.25, 0.3) is 6.43 Å². The number of aliphatic carboxylic acids is 1. The van der Waals surface area contributed by atoms with E-state index in [1.165, 1.54) is 0 Å². The zero-order valence-electron chi connectivity index (χ0n) is 11.3. The fourth-order valence-corrected chi connectivity index (χ4v) is 2.80. The van der Waals surface area contributed by atoms with Crippen LogP contribution in [0.5, 0.6) is 0 Å². The largest absolute Gasteiger partial charge is 0.480 e. The second kappa shape index (κ2) is 7.75. The maximum atomic E-state index is 12.0. The van der Waals surface area contributed by atoms with Crippen molar-refractivity contribution in [2.75, 3.05) is 19.8 Å². The van der Waals surface area contributed by atoms with E-state index in [1.54, 1.807) is 0 Å². The molecule has 1 fully saturated rings. The quantitative estimate of drug-likeness (QED) is 0.636. The third-order valence-electron chi connectivity index (χ3n) is 3.75. The van der Waals surface area contributed by atoms with Crippen LogP contribution in [0.3, 0.4) is 0 Å². The molecule has 1 aliphatic carbocycles. The van der Waals surface area contributed by atoms with Crippen LogP contribution in [0, 0.1) is 5.92 Å². The molecule has 2 atom stereocenters. The topological polar surface area (TPSA) is 58.6 Å². The molecule has 0 aromatic heterocycles. The Kier molecular flexibility index (Phi) is 6.65. The first kappa shape index (κ1) is 16.3. The summed E-state index contributed by atoms with van der Waals surface area (Å²) < 4.78 is 28.8. The maximum absolute atomic E-state index is 12.0. The molecule has 0 amide bonds. The Morgan fingerprint density at radius 2 is 2.32 bits per heavy atom. The molecule has 2 N–H and O–H groups in total. The number of hydrogen-bond acceptors (Lipinski definition) is 3. The number of ether oxygens (including phenoxy) is 1. The molecule has 0 bridgehead atoms. The molecular weight excluding hydrogens is 256 g/mol. The van der Waals surface area contributed by atoms with Crippen molar-refractivity contribution in [2.24, 2.45) is 5.92 Å². The monoisotopic (exact) mass is 279 g/mol. The standard InChI is InChI=1S/C13H23F2NO3/c1-2-7-16-13(12(17)18)6-3-4-10(13)5-8-19-9-11(14)15/h10-11,16H,2-9H2,1H3,(H,17,18). The molecule has 0 radical (unpaired) electrons. The van der Waals surface area contributed by atoms with E-state index in [-0.39, 0.29) is 12.5 Å². The van der Waals surface area contributed by atoms with E-state index in [4.69, 9.17) is 4.74 Å². The third kappa shape index (κ3) is 4.38. The lowest BCUT2D eigenvalue weighted by Crippen LogP contribution is -2.55. The summed E-state index contributed by atoms with van der Waals surface area (Å²) in [5.74, 6) is -0.883.